The van der Waals surface area contributed by atoms with E-state index in [2.05, 4.69) is 15.9 Å². The quantitative estimate of drug-likeness (QED) is 0.894. The van der Waals surface area contributed by atoms with Gasteiger partial charge in [0.2, 0.25) is 0 Å². The van der Waals surface area contributed by atoms with E-state index in [1.165, 1.54) is 0 Å². The van der Waals surface area contributed by atoms with Gasteiger partial charge in [-0.1, -0.05) is 19.1 Å². The monoisotopic (exact) mass is 287 g/mol. The molecule has 0 aromatic heterocycles. The lowest BCUT2D eigenvalue weighted by Gasteiger charge is -2.36. The van der Waals surface area contributed by atoms with Crippen molar-refractivity contribution in [2.45, 2.75) is 25.9 Å². The van der Waals surface area contributed by atoms with Crippen molar-refractivity contribution in [3.8, 4) is 6.07 Å². The third-order valence-corrected chi connectivity index (χ3v) is 3.99. The predicted molar refractivity (Wildman–Crippen MR) is 79.9 cm³/mol. The van der Waals surface area contributed by atoms with Crippen molar-refractivity contribution in [3.05, 3.63) is 35.4 Å². The zero-order valence-corrected chi connectivity index (χ0v) is 12.3. The van der Waals surface area contributed by atoms with Gasteiger partial charge >= 0.3 is 5.97 Å². The molecule has 1 aromatic rings. The van der Waals surface area contributed by atoms with Crippen LogP contribution in [0.15, 0.2) is 24.3 Å². The number of hydrogen-bond acceptors (Lipinski definition) is 4. The van der Waals surface area contributed by atoms with Gasteiger partial charge in [-0.15, -0.1) is 0 Å². The number of rotatable bonds is 5. The first-order chi connectivity index (χ1) is 10.1. The molecule has 21 heavy (non-hydrogen) atoms. The number of nitrogens with zero attached hydrogens (tertiary/aromatic N) is 3. The van der Waals surface area contributed by atoms with Crippen LogP contribution in [0.5, 0.6) is 0 Å². The van der Waals surface area contributed by atoms with Crippen LogP contribution in [-0.4, -0.2) is 53.1 Å². The first-order valence-electron chi connectivity index (χ1n) is 7.32. The molecule has 0 bridgehead atoms. The van der Waals surface area contributed by atoms with E-state index in [1.54, 1.807) is 12.1 Å². The normalized spacial score (nSPS) is 18.1. The zero-order chi connectivity index (χ0) is 15.2. The van der Waals surface area contributed by atoms with Crippen LogP contribution in [0.1, 0.15) is 29.3 Å². The molecule has 1 unspecified atom stereocenters. The first kappa shape index (κ1) is 15.5. The molecule has 0 saturated carbocycles. The van der Waals surface area contributed by atoms with Crippen molar-refractivity contribution in [2.24, 2.45) is 0 Å². The highest BCUT2D eigenvalue weighted by Crippen LogP contribution is 2.12. The van der Waals surface area contributed by atoms with Crippen molar-refractivity contribution in [1.82, 2.24) is 9.80 Å². The molecule has 1 heterocycles. The fraction of sp³-hybridized carbons (Fsp3) is 0.500. The second kappa shape index (κ2) is 7.21. The Morgan fingerprint density at radius 2 is 1.90 bits per heavy atom. The Labute approximate surface area is 125 Å². The summed E-state index contributed by atoms with van der Waals surface area (Å²) in [7, 11) is 0. The molecule has 1 saturated heterocycles. The van der Waals surface area contributed by atoms with E-state index < -0.39 is 5.97 Å². The summed E-state index contributed by atoms with van der Waals surface area (Å²) < 4.78 is 0. The van der Waals surface area contributed by atoms with Gasteiger partial charge in [-0.3, -0.25) is 9.80 Å². The third kappa shape index (κ3) is 4.03. The van der Waals surface area contributed by atoms with Crippen LogP contribution in [0.4, 0.5) is 0 Å². The number of carboxylic acids is 1. The van der Waals surface area contributed by atoms with E-state index in [-0.39, 0.29) is 6.04 Å². The lowest BCUT2D eigenvalue weighted by Crippen LogP contribution is -2.49. The Morgan fingerprint density at radius 3 is 2.38 bits per heavy atom. The minimum absolute atomic E-state index is 0.0296. The van der Waals surface area contributed by atoms with Gasteiger partial charge in [0.25, 0.3) is 0 Å². The minimum Gasteiger partial charge on any atom is -0.478 e. The topological polar surface area (TPSA) is 67.6 Å². The fourth-order valence-electron chi connectivity index (χ4n) is 2.68. The Morgan fingerprint density at radius 1 is 1.29 bits per heavy atom. The molecule has 0 aliphatic carbocycles. The number of nitriles is 1. The highest BCUT2D eigenvalue weighted by molar-refractivity contribution is 5.87. The van der Waals surface area contributed by atoms with Gasteiger partial charge in [-0.05, 0) is 24.1 Å². The van der Waals surface area contributed by atoms with Crippen LogP contribution in [0.25, 0.3) is 0 Å². The van der Waals surface area contributed by atoms with E-state index in [4.69, 9.17) is 10.4 Å². The molecular formula is C16H21N3O2. The van der Waals surface area contributed by atoms with Gasteiger partial charge in [0.1, 0.15) is 0 Å². The number of hydrogen-bond donors (Lipinski definition) is 1. The maximum absolute atomic E-state index is 10.8. The van der Waals surface area contributed by atoms with E-state index in [9.17, 15) is 4.79 Å². The number of carboxylic acid groups (broad SMARTS) is 1. The molecule has 0 spiro atoms. The van der Waals surface area contributed by atoms with Crippen LogP contribution in [-0.2, 0) is 6.54 Å². The van der Waals surface area contributed by atoms with Crippen molar-refractivity contribution in [2.75, 3.05) is 26.2 Å². The Hall–Kier alpha value is -1.90. The molecule has 0 amide bonds. The average molecular weight is 287 g/mol. The molecular weight excluding hydrogens is 266 g/mol. The number of aromatic carboxylic acids is 1. The van der Waals surface area contributed by atoms with Gasteiger partial charge in [-0.25, -0.2) is 4.79 Å². The van der Waals surface area contributed by atoms with E-state index >= 15 is 0 Å². The molecule has 1 aromatic carbocycles. The van der Waals surface area contributed by atoms with Crippen LogP contribution >= 0.6 is 0 Å². The third-order valence-electron chi connectivity index (χ3n) is 3.99. The summed E-state index contributed by atoms with van der Waals surface area (Å²) in [6, 6.07) is 9.43. The largest absolute Gasteiger partial charge is 0.478 e. The molecule has 1 aliphatic rings. The lowest BCUT2D eigenvalue weighted by molar-refractivity contribution is 0.0697. The summed E-state index contributed by atoms with van der Waals surface area (Å²) in [4.78, 5) is 15.4. The summed E-state index contributed by atoms with van der Waals surface area (Å²) in [6.45, 7) is 6.59. The van der Waals surface area contributed by atoms with Crippen LogP contribution < -0.4 is 0 Å². The summed E-state index contributed by atoms with van der Waals surface area (Å²) in [5.74, 6) is -0.891. The molecule has 1 N–H and O–H groups in total. The standard InChI is InChI=1S/C16H21N3O2/c1-2-15(11-17)19-9-7-18(8-10-19)12-13-3-5-14(6-4-13)16(20)21/h3-6,15H,2,7-10,12H2,1H3,(H,20,21). The SMILES string of the molecule is CCC(C#N)N1CCN(Cc2ccc(C(=O)O)cc2)CC1. The van der Waals surface area contributed by atoms with Crippen molar-refractivity contribution in [1.29, 1.82) is 5.26 Å². The molecule has 1 fully saturated rings. The van der Waals surface area contributed by atoms with E-state index in [1.807, 2.05) is 19.1 Å². The Bertz CT molecular complexity index is 513. The van der Waals surface area contributed by atoms with Crippen LogP contribution in [0.3, 0.4) is 0 Å². The van der Waals surface area contributed by atoms with Crippen molar-refractivity contribution >= 4 is 5.97 Å². The maximum atomic E-state index is 10.8. The summed E-state index contributed by atoms with van der Waals surface area (Å²) in [5.41, 5.74) is 1.45. The molecule has 1 atom stereocenters. The minimum atomic E-state index is -0.891. The Balaban J connectivity index is 1.86. The molecule has 5 heteroatoms. The summed E-state index contributed by atoms with van der Waals surface area (Å²) in [5, 5.41) is 18.0. The predicted octanol–water partition coefficient (Wildman–Crippen LogP) is 1.80. The maximum Gasteiger partial charge on any atom is 0.335 e. The number of benzene rings is 1. The van der Waals surface area contributed by atoms with Gasteiger partial charge in [0, 0.05) is 32.7 Å². The highest BCUT2D eigenvalue weighted by atomic mass is 16.4. The molecule has 2 rings (SSSR count). The molecule has 5 nitrogen and oxygen atoms in total. The summed E-state index contributed by atoms with van der Waals surface area (Å²) in [6.07, 6.45) is 0.868. The molecule has 1 aliphatic heterocycles. The molecule has 112 valence electrons. The second-order valence-corrected chi connectivity index (χ2v) is 5.37. The highest BCUT2D eigenvalue weighted by Gasteiger charge is 2.22. The summed E-state index contributed by atoms with van der Waals surface area (Å²) >= 11 is 0. The molecule has 0 radical (unpaired) electrons. The lowest BCUT2D eigenvalue weighted by atomic mass is 10.1. The number of piperazine rings is 1. The van der Waals surface area contributed by atoms with Gasteiger partial charge < -0.3 is 5.11 Å². The van der Waals surface area contributed by atoms with Crippen molar-refractivity contribution < 1.29 is 9.90 Å². The average Bonchev–Trinajstić information content (AvgIpc) is 2.51. The fourth-order valence-corrected chi connectivity index (χ4v) is 2.68. The van der Waals surface area contributed by atoms with Crippen LogP contribution in [0.2, 0.25) is 0 Å². The van der Waals surface area contributed by atoms with E-state index in [0.29, 0.717) is 5.56 Å². The zero-order valence-electron chi connectivity index (χ0n) is 12.3. The Kier molecular flexibility index (Phi) is 5.32. The van der Waals surface area contributed by atoms with Gasteiger partial charge in [0.15, 0.2) is 0 Å². The van der Waals surface area contributed by atoms with E-state index in [0.717, 1.165) is 44.7 Å². The van der Waals surface area contributed by atoms with Crippen molar-refractivity contribution in [3.63, 3.8) is 0 Å². The van der Waals surface area contributed by atoms with Gasteiger partial charge in [-0.2, -0.15) is 5.26 Å². The number of carbonyl (C=O) groups is 1. The van der Waals surface area contributed by atoms with Gasteiger partial charge in [0.05, 0.1) is 17.7 Å². The first-order valence-corrected chi connectivity index (χ1v) is 7.32. The van der Waals surface area contributed by atoms with Crippen LogP contribution in [0, 0.1) is 11.3 Å². The smallest absolute Gasteiger partial charge is 0.335 e. The second-order valence-electron chi connectivity index (χ2n) is 5.37.